The van der Waals surface area contributed by atoms with Gasteiger partial charge in [0.1, 0.15) is 29.4 Å². The van der Waals surface area contributed by atoms with Crippen molar-refractivity contribution in [2.24, 2.45) is 5.92 Å². The largest absolute Gasteiger partial charge is 0.490 e. The van der Waals surface area contributed by atoms with E-state index in [1.54, 1.807) is 30.3 Å². The van der Waals surface area contributed by atoms with Crippen LogP contribution < -0.4 is 31.1 Å². The quantitative estimate of drug-likeness (QED) is 0.273. The minimum atomic E-state index is -0.974. The molecule has 2 aromatic carbocycles. The van der Waals surface area contributed by atoms with Crippen LogP contribution >= 0.6 is 11.6 Å². The lowest BCUT2D eigenvalue weighted by molar-refractivity contribution is -0.136. The van der Waals surface area contributed by atoms with E-state index in [-0.39, 0.29) is 30.9 Å². The fourth-order valence-corrected chi connectivity index (χ4v) is 8.91. The number of allylic oxidation sites excluding steroid dienone is 2. The van der Waals surface area contributed by atoms with Crippen molar-refractivity contribution in [1.29, 1.82) is 5.26 Å². The summed E-state index contributed by atoms with van der Waals surface area (Å²) in [7, 11) is 0. The van der Waals surface area contributed by atoms with Crippen LogP contribution in [0.1, 0.15) is 77.6 Å². The summed E-state index contributed by atoms with van der Waals surface area (Å²) in [4.78, 5) is 71.6. The number of anilines is 1. The molecule has 0 aromatic heterocycles. The molecule has 1 atom stereocenters. The normalized spacial score (nSPS) is 24.4. The number of nitrogens with one attached hydrogen (secondary N) is 4. The van der Waals surface area contributed by atoms with Crippen molar-refractivity contribution in [2.45, 2.75) is 69.6 Å². The predicted octanol–water partition coefficient (Wildman–Crippen LogP) is 2.79. The van der Waals surface area contributed by atoms with Gasteiger partial charge < -0.3 is 19.9 Å². The number of benzene rings is 2. The van der Waals surface area contributed by atoms with Crippen LogP contribution in [0.25, 0.3) is 0 Å². The molecular formula is C41H46ClN9O6. The van der Waals surface area contributed by atoms with Gasteiger partial charge in [0.25, 0.3) is 17.7 Å². The number of hydrogen-bond donors (Lipinski definition) is 4. The molecule has 0 spiro atoms. The van der Waals surface area contributed by atoms with Gasteiger partial charge in [0.05, 0.1) is 27.8 Å². The number of nitriles is 1. The van der Waals surface area contributed by atoms with Crippen LogP contribution in [-0.4, -0.2) is 108 Å². The molecule has 1 unspecified atom stereocenters. The minimum absolute atomic E-state index is 0.0323. The fourth-order valence-electron chi connectivity index (χ4n) is 8.70. The second-order valence-corrected chi connectivity index (χ2v) is 16.0. The molecular weight excluding hydrogens is 750 g/mol. The molecule has 15 nitrogen and oxygen atoms in total. The summed E-state index contributed by atoms with van der Waals surface area (Å²) >= 11 is 6.15. The number of fused-ring (bicyclic) bond motifs is 1. The molecule has 298 valence electrons. The lowest BCUT2D eigenvalue weighted by Crippen LogP contribution is -2.54. The van der Waals surface area contributed by atoms with E-state index >= 15 is 0 Å². The smallest absolute Gasteiger partial charge is 0.269 e. The van der Waals surface area contributed by atoms with Crippen molar-refractivity contribution < 1.29 is 28.7 Å². The number of ether oxygens (including phenoxy) is 1. The lowest BCUT2D eigenvalue weighted by atomic mass is 9.92. The molecule has 1 aliphatic carbocycles. The molecule has 8 rings (SSSR count). The number of nitrogens with zero attached hydrogens (tertiary/aromatic N) is 5. The van der Waals surface area contributed by atoms with Gasteiger partial charge in [0.15, 0.2) is 0 Å². The van der Waals surface area contributed by atoms with Gasteiger partial charge in [0.2, 0.25) is 11.8 Å². The SMILES string of the molecule is N#Cc1ccc(OC2CCC(NC(=O)C3=CC=C(N4CCC(CN5CCN(c6ccc7c(c6)C(=O)N(C6CCC(=O)NC6=O)C7=O)CC5)CC4)NN3)CC2)cc1Cl. The van der Waals surface area contributed by atoms with Gasteiger partial charge in [0, 0.05) is 70.0 Å². The summed E-state index contributed by atoms with van der Waals surface area (Å²) in [6.07, 6.45) is 9.41. The van der Waals surface area contributed by atoms with E-state index in [2.05, 4.69) is 42.3 Å². The number of rotatable bonds is 9. The molecule has 4 N–H and O–H groups in total. The Morgan fingerprint density at radius 3 is 2.28 bits per heavy atom. The summed E-state index contributed by atoms with van der Waals surface area (Å²) in [5, 5.41) is 14.9. The Hall–Kier alpha value is -5.59. The summed E-state index contributed by atoms with van der Waals surface area (Å²) in [5.74, 6) is 0.0517. The molecule has 57 heavy (non-hydrogen) atoms. The summed E-state index contributed by atoms with van der Waals surface area (Å²) in [6, 6.07) is 11.6. The molecule has 6 aliphatic rings. The molecule has 2 aromatic rings. The highest BCUT2D eigenvalue weighted by molar-refractivity contribution is 6.31. The number of imide groups is 2. The average molecular weight is 796 g/mol. The van der Waals surface area contributed by atoms with Crippen molar-refractivity contribution in [1.82, 2.24) is 36.2 Å². The molecule has 5 heterocycles. The Morgan fingerprint density at radius 2 is 1.60 bits per heavy atom. The summed E-state index contributed by atoms with van der Waals surface area (Å²) < 4.78 is 6.09. The molecule has 0 bridgehead atoms. The van der Waals surface area contributed by atoms with E-state index in [1.165, 1.54) is 0 Å². The Bertz CT molecular complexity index is 2060. The van der Waals surface area contributed by atoms with Crippen LogP contribution in [-0.2, 0) is 14.4 Å². The predicted molar refractivity (Wildman–Crippen MR) is 209 cm³/mol. The summed E-state index contributed by atoms with van der Waals surface area (Å²) in [6.45, 7) is 6.23. The lowest BCUT2D eigenvalue weighted by Gasteiger charge is -2.40. The first-order valence-corrected chi connectivity index (χ1v) is 20.2. The Kier molecular flexibility index (Phi) is 11.1. The maximum Gasteiger partial charge on any atom is 0.269 e. The third-order valence-corrected chi connectivity index (χ3v) is 12.3. The monoisotopic (exact) mass is 795 g/mol. The zero-order chi connectivity index (χ0) is 39.6. The number of amides is 5. The van der Waals surface area contributed by atoms with E-state index < -0.39 is 29.7 Å². The first-order chi connectivity index (χ1) is 27.6. The average Bonchev–Trinajstić information content (AvgIpc) is 3.47. The number of carbonyl (C=O) groups excluding carboxylic acids is 5. The second-order valence-electron chi connectivity index (χ2n) is 15.6. The maximum absolute atomic E-state index is 13.3. The molecule has 3 saturated heterocycles. The van der Waals surface area contributed by atoms with E-state index in [9.17, 15) is 24.0 Å². The molecule has 5 aliphatic heterocycles. The van der Waals surface area contributed by atoms with E-state index in [4.69, 9.17) is 21.6 Å². The number of likely N-dealkylation sites (tertiary alicyclic amines) is 1. The molecule has 4 fully saturated rings. The number of piperidine rings is 2. The Balaban J connectivity index is 0.750. The van der Waals surface area contributed by atoms with Crippen LogP contribution in [0.3, 0.4) is 0 Å². The number of hydrazine groups is 1. The minimum Gasteiger partial charge on any atom is -0.490 e. The first kappa shape index (κ1) is 38.3. The zero-order valence-electron chi connectivity index (χ0n) is 31.6. The fraction of sp³-hybridized carbons (Fsp3) is 0.463. The third-order valence-electron chi connectivity index (χ3n) is 12.0. The molecule has 5 amide bonds. The topological polar surface area (TPSA) is 179 Å². The van der Waals surface area contributed by atoms with Crippen LogP contribution in [0.5, 0.6) is 5.75 Å². The Morgan fingerprint density at radius 1 is 0.842 bits per heavy atom. The number of hydrogen-bond acceptors (Lipinski definition) is 12. The van der Waals surface area contributed by atoms with E-state index in [1.807, 2.05) is 18.2 Å². The highest BCUT2D eigenvalue weighted by Gasteiger charge is 2.45. The molecule has 0 radical (unpaired) electrons. The summed E-state index contributed by atoms with van der Waals surface area (Å²) in [5.41, 5.74) is 8.70. The van der Waals surface area contributed by atoms with E-state index in [0.717, 1.165) is 101 Å². The van der Waals surface area contributed by atoms with Gasteiger partial charge in [-0.05, 0) is 93.3 Å². The number of carbonyl (C=O) groups is 5. The van der Waals surface area contributed by atoms with Crippen molar-refractivity contribution >= 4 is 46.8 Å². The van der Waals surface area contributed by atoms with Crippen molar-refractivity contribution in [2.75, 3.05) is 50.7 Å². The molecule has 16 heteroatoms. The van der Waals surface area contributed by atoms with Gasteiger partial charge in [-0.2, -0.15) is 5.26 Å². The van der Waals surface area contributed by atoms with Crippen LogP contribution in [0.4, 0.5) is 5.69 Å². The van der Waals surface area contributed by atoms with Gasteiger partial charge in [-0.15, -0.1) is 0 Å². The number of halogens is 1. The van der Waals surface area contributed by atoms with Crippen molar-refractivity contribution in [3.8, 4) is 11.8 Å². The van der Waals surface area contributed by atoms with E-state index in [0.29, 0.717) is 39.1 Å². The Labute approximate surface area is 335 Å². The van der Waals surface area contributed by atoms with Crippen LogP contribution in [0.15, 0.2) is 60.1 Å². The maximum atomic E-state index is 13.3. The van der Waals surface area contributed by atoms with Crippen LogP contribution in [0.2, 0.25) is 5.02 Å². The van der Waals surface area contributed by atoms with Crippen molar-refractivity contribution in [3.63, 3.8) is 0 Å². The second kappa shape index (κ2) is 16.5. The van der Waals surface area contributed by atoms with Crippen molar-refractivity contribution in [3.05, 3.63) is 81.8 Å². The first-order valence-electron chi connectivity index (χ1n) is 19.8. The van der Waals surface area contributed by atoms with Gasteiger partial charge in [-0.25, -0.2) is 0 Å². The highest BCUT2D eigenvalue weighted by atomic mass is 35.5. The van der Waals surface area contributed by atoms with Gasteiger partial charge in [-0.3, -0.25) is 49.9 Å². The number of piperazine rings is 1. The molecule has 1 saturated carbocycles. The highest BCUT2D eigenvalue weighted by Crippen LogP contribution is 2.32. The zero-order valence-corrected chi connectivity index (χ0v) is 32.4. The van der Waals surface area contributed by atoms with Gasteiger partial charge in [-0.1, -0.05) is 11.6 Å². The van der Waals surface area contributed by atoms with Crippen LogP contribution in [0, 0.1) is 17.2 Å². The standard InChI is InChI=1S/C41H46ClN9O6/c42-33-22-30(5-1-26(33)23-43)57-29-6-2-27(3-7-29)44-38(53)34-9-11-36(47-46-34)50-15-13-25(14-16-50)24-48-17-19-49(20-18-48)28-4-8-31-32(21-28)41(56)51(40(31)55)35-10-12-37(52)45-39(35)54/h1,4-5,8-9,11,21-22,25,27,29,35,46-47H,2-3,6-7,10,12-20,24H2,(H,44,53)(H,45,52,54). The third kappa shape index (κ3) is 8.29. The van der Waals surface area contributed by atoms with Gasteiger partial charge >= 0.3 is 0 Å².